The molecule has 2 rings (SSSR count). The van der Waals surface area contributed by atoms with Gasteiger partial charge in [0.2, 0.25) is 0 Å². The van der Waals surface area contributed by atoms with E-state index in [1.54, 1.807) is 7.11 Å². The minimum absolute atomic E-state index is 0.441. The highest BCUT2D eigenvalue weighted by molar-refractivity contribution is 5.28. The highest BCUT2D eigenvalue weighted by Gasteiger charge is 2.20. The monoisotopic (exact) mass is 290 g/mol. The third-order valence-corrected chi connectivity index (χ3v) is 4.55. The second kappa shape index (κ2) is 8.52. The number of hydrogen-bond donors (Lipinski definition) is 1. The summed E-state index contributed by atoms with van der Waals surface area (Å²) in [6.07, 6.45) is 3.65. The molecule has 0 amide bonds. The molecule has 0 radical (unpaired) electrons. The van der Waals surface area contributed by atoms with Gasteiger partial charge in [0.15, 0.2) is 0 Å². The van der Waals surface area contributed by atoms with Crippen LogP contribution in [0.2, 0.25) is 0 Å². The molecule has 1 N–H and O–H groups in total. The lowest BCUT2D eigenvalue weighted by molar-refractivity contribution is 0.151. The Hall–Kier alpha value is -0.900. The zero-order valence-corrected chi connectivity index (χ0v) is 13.8. The molecule has 1 aliphatic rings. The average Bonchev–Trinajstić information content (AvgIpc) is 2.49. The Bertz CT molecular complexity index is 413. The molecule has 1 saturated heterocycles. The van der Waals surface area contributed by atoms with Crippen molar-refractivity contribution in [1.82, 2.24) is 10.2 Å². The largest absolute Gasteiger partial charge is 0.385 e. The van der Waals surface area contributed by atoms with Crippen molar-refractivity contribution in [1.29, 1.82) is 0 Å². The first-order chi connectivity index (χ1) is 10.2. The summed E-state index contributed by atoms with van der Waals surface area (Å²) >= 11 is 0. The van der Waals surface area contributed by atoms with Gasteiger partial charge in [-0.3, -0.25) is 0 Å². The summed E-state index contributed by atoms with van der Waals surface area (Å²) in [5, 5.41) is 3.81. The van der Waals surface area contributed by atoms with Gasteiger partial charge in [0, 0.05) is 32.3 Å². The lowest BCUT2D eigenvalue weighted by Crippen LogP contribution is -2.43. The van der Waals surface area contributed by atoms with Crippen molar-refractivity contribution in [3.63, 3.8) is 0 Å². The van der Waals surface area contributed by atoms with Crippen LogP contribution in [0.4, 0.5) is 0 Å². The molecular formula is C18H30N2O. The van der Waals surface area contributed by atoms with Gasteiger partial charge in [-0.25, -0.2) is 0 Å². The van der Waals surface area contributed by atoms with Crippen LogP contribution < -0.4 is 5.32 Å². The number of piperidine rings is 1. The third kappa shape index (κ3) is 5.10. The first-order valence-corrected chi connectivity index (χ1v) is 8.23. The smallest absolute Gasteiger partial charge is 0.0474 e. The number of rotatable bonds is 7. The van der Waals surface area contributed by atoms with E-state index in [0.717, 1.165) is 13.0 Å². The second-order valence-corrected chi connectivity index (χ2v) is 6.21. The zero-order valence-electron chi connectivity index (χ0n) is 13.8. The Morgan fingerprint density at radius 2 is 2.00 bits per heavy atom. The molecule has 0 bridgehead atoms. The summed E-state index contributed by atoms with van der Waals surface area (Å²) in [6.45, 7) is 8.96. The van der Waals surface area contributed by atoms with Gasteiger partial charge in [-0.2, -0.15) is 0 Å². The van der Waals surface area contributed by atoms with Crippen LogP contribution >= 0.6 is 0 Å². The van der Waals surface area contributed by atoms with Crippen LogP contribution in [-0.4, -0.2) is 44.3 Å². The molecule has 1 fully saturated rings. The number of ether oxygens (including phenoxy) is 1. The minimum atomic E-state index is 0.441. The number of methoxy groups -OCH3 is 1. The molecule has 0 aliphatic carbocycles. The van der Waals surface area contributed by atoms with E-state index in [4.69, 9.17) is 4.74 Å². The number of aryl methyl sites for hydroxylation is 1. The van der Waals surface area contributed by atoms with Crippen LogP contribution in [0.15, 0.2) is 24.3 Å². The fourth-order valence-electron chi connectivity index (χ4n) is 3.27. The first kappa shape index (κ1) is 16.5. The summed E-state index contributed by atoms with van der Waals surface area (Å²) in [4.78, 5) is 2.57. The Labute approximate surface area is 129 Å². The van der Waals surface area contributed by atoms with Gasteiger partial charge in [0.1, 0.15) is 0 Å². The Morgan fingerprint density at radius 3 is 2.67 bits per heavy atom. The van der Waals surface area contributed by atoms with E-state index in [9.17, 15) is 0 Å². The predicted molar refractivity (Wildman–Crippen MR) is 88.7 cm³/mol. The summed E-state index contributed by atoms with van der Waals surface area (Å²) in [6, 6.07) is 9.79. The standard InChI is InChI=1S/C18H30N2O/c1-15-7-4-5-8-18(15)16(2)19-17-9-12-20(13-10-17)11-6-14-21-3/h4-5,7-8,16-17,19H,6,9-14H2,1-3H3/t16-/m1/s1. The van der Waals surface area contributed by atoms with Gasteiger partial charge in [0.25, 0.3) is 0 Å². The molecule has 1 heterocycles. The Balaban J connectivity index is 1.74. The normalized spacial score (nSPS) is 18.8. The van der Waals surface area contributed by atoms with E-state index >= 15 is 0 Å². The molecule has 1 aliphatic heterocycles. The molecule has 0 aromatic heterocycles. The van der Waals surface area contributed by atoms with Crippen molar-refractivity contribution >= 4 is 0 Å². The summed E-state index contributed by atoms with van der Waals surface area (Å²) in [5.41, 5.74) is 2.81. The van der Waals surface area contributed by atoms with Gasteiger partial charge >= 0.3 is 0 Å². The van der Waals surface area contributed by atoms with Crippen molar-refractivity contribution in [2.24, 2.45) is 0 Å². The van der Waals surface area contributed by atoms with Crippen LogP contribution in [0.5, 0.6) is 0 Å². The van der Waals surface area contributed by atoms with E-state index in [2.05, 4.69) is 48.3 Å². The van der Waals surface area contributed by atoms with Gasteiger partial charge in [-0.1, -0.05) is 24.3 Å². The second-order valence-electron chi connectivity index (χ2n) is 6.21. The maximum atomic E-state index is 5.13. The maximum absolute atomic E-state index is 5.13. The zero-order chi connectivity index (χ0) is 15.1. The predicted octanol–water partition coefficient (Wildman–Crippen LogP) is 3.15. The van der Waals surface area contributed by atoms with Crippen molar-refractivity contribution in [3.8, 4) is 0 Å². The molecule has 21 heavy (non-hydrogen) atoms. The Kier molecular flexibility index (Phi) is 6.68. The van der Waals surface area contributed by atoms with Gasteiger partial charge < -0.3 is 15.0 Å². The molecule has 0 spiro atoms. The van der Waals surface area contributed by atoms with Crippen molar-refractivity contribution in [2.75, 3.05) is 33.4 Å². The van der Waals surface area contributed by atoms with Crippen molar-refractivity contribution in [3.05, 3.63) is 35.4 Å². The van der Waals surface area contributed by atoms with Crippen LogP contribution in [0.1, 0.15) is 43.4 Å². The topological polar surface area (TPSA) is 24.5 Å². The van der Waals surface area contributed by atoms with Crippen LogP contribution in [0, 0.1) is 6.92 Å². The lowest BCUT2D eigenvalue weighted by atomic mass is 9.99. The van der Waals surface area contributed by atoms with Crippen molar-refractivity contribution < 1.29 is 4.74 Å². The summed E-state index contributed by atoms with van der Waals surface area (Å²) in [7, 11) is 1.78. The average molecular weight is 290 g/mol. The molecule has 3 heteroatoms. The molecule has 1 aromatic rings. The van der Waals surface area contributed by atoms with Crippen molar-refractivity contribution in [2.45, 2.75) is 45.2 Å². The summed E-state index contributed by atoms with van der Waals surface area (Å²) < 4.78 is 5.13. The fourth-order valence-corrected chi connectivity index (χ4v) is 3.27. The number of hydrogen-bond acceptors (Lipinski definition) is 3. The fraction of sp³-hybridized carbons (Fsp3) is 0.667. The lowest BCUT2D eigenvalue weighted by Gasteiger charge is -2.34. The highest BCUT2D eigenvalue weighted by atomic mass is 16.5. The van der Waals surface area contributed by atoms with E-state index in [0.29, 0.717) is 12.1 Å². The SMILES string of the molecule is COCCCN1CCC(N[C@H](C)c2ccccc2C)CC1. The van der Waals surface area contributed by atoms with Crippen LogP contribution in [0.3, 0.4) is 0 Å². The molecule has 0 saturated carbocycles. The first-order valence-electron chi connectivity index (χ1n) is 8.23. The molecular weight excluding hydrogens is 260 g/mol. The van der Waals surface area contributed by atoms with Crippen LogP contribution in [0.25, 0.3) is 0 Å². The quantitative estimate of drug-likeness (QED) is 0.781. The van der Waals surface area contributed by atoms with E-state index in [1.807, 2.05) is 0 Å². The Morgan fingerprint density at radius 1 is 1.29 bits per heavy atom. The molecule has 3 nitrogen and oxygen atoms in total. The summed E-state index contributed by atoms with van der Waals surface area (Å²) in [5.74, 6) is 0. The number of nitrogens with one attached hydrogen (secondary N) is 1. The van der Waals surface area contributed by atoms with Gasteiger partial charge in [-0.05, 0) is 57.3 Å². The maximum Gasteiger partial charge on any atom is 0.0474 e. The number of benzene rings is 1. The molecule has 0 unspecified atom stereocenters. The van der Waals surface area contributed by atoms with Gasteiger partial charge in [0.05, 0.1) is 0 Å². The van der Waals surface area contributed by atoms with E-state index in [1.165, 1.54) is 43.6 Å². The number of nitrogens with zero attached hydrogens (tertiary/aromatic N) is 1. The number of likely N-dealkylation sites (tertiary alicyclic amines) is 1. The molecule has 1 atom stereocenters. The molecule has 118 valence electrons. The minimum Gasteiger partial charge on any atom is -0.385 e. The van der Waals surface area contributed by atoms with E-state index in [-0.39, 0.29) is 0 Å². The molecule has 1 aromatic carbocycles. The van der Waals surface area contributed by atoms with Crippen LogP contribution in [-0.2, 0) is 4.74 Å². The third-order valence-electron chi connectivity index (χ3n) is 4.55. The van der Waals surface area contributed by atoms with Gasteiger partial charge in [-0.15, -0.1) is 0 Å². The van der Waals surface area contributed by atoms with E-state index < -0.39 is 0 Å². The highest BCUT2D eigenvalue weighted by Crippen LogP contribution is 2.20.